The zero-order chi connectivity index (χ0) is 13.0. The average Bonchev–Trinajstić information content (AvgIpc) is 2.41. The van der Waals surface area contributed by atoms with Gasteiger partial charge in [-0.3, -0.25) is 10.2 Å². The Morgan fingerprint density at radius 2 is 2.06 bits per heavy atom. The molecule has 0 aliphatic heterocycles. The van der Waals surface area contributed by atoms with Crippen molar-refractivity contribution in [1.82, 2.24) is 5.43 Å². The quantitative estimate of drug-likeness (QED) is 0.433. The van der Waals surface area contributed by atoms with E-state index in [4.69, 9.17) is 10.6 Å². The lowest BCUT2D eigenvalue weighted by atomic mass is 9.98. The predicted octanol–water partition coefficient (Wildman–Crippen LogP) is 1.71. The van der Waals surface area contributed by atoms with Crippen LogP contribution in [0.15, 0.2) is 18.2 Å². The van der Waals surface area contributed by atoms with Gasteiger partial charge in [0.25, 0.3) is 5.91 Å². The van der Waals surface area contributed by atoms with Gasteiger partial charge in [-0.2, -0.15) is 0 Å². The summed E-state index contributed by atoms with van der Waals surface area (Å²) in [5.74, 6) is 5.02. The lowest BCUT2D eigenvalue weighted by Gasteiger charge is -2.23. The Labute approximate surface area is 106 Å². The van der Waals surface area contributed by atoms with Gasteiger partial charge >= 0.3 is 0 Å². The Morgan fingerprint density at radius 1 is 1.33 bits per heavy atom. The van der Waals surface area contributed by atoms with Gasteiger partial charge < -0.3 is 9.84 Å². The number of nitrogen functional groups attached to an aromatic ring is 1. The SMILES string of the molecule is NNC(=O)c1cc(OC2CCCCC2)ccc1O. The van der Waals surface area contributed by atoms with Crippen LogP contribution in [0, 0.1) is 0 Å². The van der Waals surface area contributed by atoms with E-state index in [0.717, 1.165) is 12.8 Å². The third-order valence-electron chi connectivity index (χ3n) is 3.20. The van der Waals surface area contributed by atoms with E-state index in [0.29, 0.717) is 5.75 Å². The number of benzene rings is 1. The molecule has 1 fully saturated rings. The fourth-order valence-corrected chi connectivity index (χ4v) is 2.22. The van der Waals surface area contributed by atoms with E-state index >= 15 is 0 Å². The van der Waals surface area contributed by atoms with Gasteiger partial charge in [-0.15, -0.1) is 0 Å². The molecule has 1 aliphatic carbocycles. The highest BCUT2D eigenvalue weighted by Gasteiger charge is 2.17. The maximum Gasteiger partial charge on any atom is 0.269 e. The minimum atomic E-state index is -0.526. The van der Waals surface area contributed by atoms with Gasteiger partial charge in [0.05, 0.1) is 11.7 Å². The molecule has 0 radical (unpaired) electrons. The molecule has 1 amide bonds. The summed E-state index contributed by atoms with van der Waals surface area (Å²) in [4.78, 5) is 11.4. The number of nitrogens with two attached hydrogens (primary N) is 1. The van der Waals surface area contributed by atoms with Gasteiger partial charge in [0.15, 0.2) is 0 Å². The third-order valence-corrected chi connectivity index (χ3v) is 3.20. The Hall–Kier alpha value is -1.75. The standard InChI is InChI=1S/C13H18N2O3/c14-15-13(17)11-8-10(6-7-12(11)16)18-9-4-2-1-3-5-9/h6-9,16H,1-5,14H2,(H,15,17). The van der Waals surface area contributed by atoms with Gasteiger partial charge in [0.1, 0.15) is 11.5 Å². The molecule has 0 heterocycles. The normalized spacial score (nSPS) is 16.3. The van der Waals surface area contributed by atoms with Crippen LogP contribution in [0.2, 0.25) is 0 Å². The van der Waals surface area contributed by atoms with Crippen LogP contribution in [0.5, 0.6) is 11.5 Å². The van der Waals surface area contributed by atoms with Crippen LogP contribution in [0.3, 0.4) is 0 Å². The molecule has 18 heavy (non-hydrogen) atoms. The van der Waals surface area contributed by atoms with Crippen molar-refractivity contribution in [3.05, 3.63) is 23.8 Å². The molecule has 0 atom stereocenters. The summed E-state index contributed by atoms with van der Waals surface area (Å²) in [7, 11) is 0. The Bertz CT molecular complexity index is 428. The van der Waals surface area contributed by atoms with Crippen molar-refractivity contribution in [2.45, 2.75) is 38.2 Å². The maximum atomic E-state index is 11.4. The maximum absolute atomic E-state index is 11.4. The van der Waals surface area contributed by atoms with Crippen molar-refractivity contribution in [3.63, 3.8) is 0 Å². The first-order valence-corrected chi connectivity index (χ1v) is 6.21. The molecule has 0 spiro atoms. The van der Waals surface area contributed by atoms with E-state index in [1.807, 2.05) is 5.43 Å². The molecule has 5 nitrogen and oxygen atoms in total. The number of ether oxygens (including phenoxy) is 1. The highest BCUT2D eigenvalue weighted by atomic mass is 16.5. The van der Waals surface area contributed by atoms with E-state index in [1.165, 1.54) is 31.4 Å². The molecule has 1 aliphatic rings. The first-order chi connectivity index (χ1) is 8.70. The Morgan fingerprint density at radius 3 is 2.72 bits per heavy atom. The number of carbonyl (C=O) groups is 1. The van der Waals surface area contributed by atoms with Crippen LogP contribution in [0.4, 0.5) is 0 Å². The number of aromatic hydroxyl groups is 1. The fourth-order valence-electron chi connectivity index (χ4n) is 2.22. The van der Waals surface area contributed by atoms with Gasteiger partial charge in [-0.1, -0.05) is 6.42 Å². The number of phenolic OH excluding ortho intramolecular Hbond substituents is 1. The summed E-state index contributed by atoms with van der Waals surface area (Å²) in [6, 6.07) is 4.63. The van der Waals surface area contributed by atoms with Gasteiger partial charge in [-0.05, 0) is 43.9 Å². The number of rotatable bonds is 3. The summed E-state index contributed by atoms with van der Waals surface area (Å²) in [6.07, 6.45) is 5.91. The number of hydrogen-bond acceptors (Lipinski definition) is 4. The van der Waals surface area contributed by atoms with Gasteiger partial charge in [0.2, 0.25) is 0 Å². The van der Waals surface area contributed by atoms with Crippen molar-refractivity contribution >= 4 is 5.91 Å². The van der Waals surface area contributed by atoms with Crippen LogP contribution in [-0.2, 0) is 0 Å². The molecule has 2 rings (SSSR count). The smallest absolute Gasteiger partial charge is 0.269 e. The van der Waals surface area contributed by atoms with Gasteiger partial charge in [0, 0.05) is 0 Å². The third kappa shape index (κ3) is 2.92. The summed E-state index contributed by atoms with van der Waals surface area (Å²) < 4.78 is 5.81. The van der Waals surface area contributed by atoms with Crippen molar-refractivity contribution in [1.29, 1.82) is 0 Å². The first-order valence-electron chi connectivity index (χ1n) is 6.21. The fraction of sp³-hybridized carbons (Fsp3) is 0.462. The molecular weight excluding hydrogens is 232 g/mol. The van der Waals surface area contributed by atoms with Crippen molar-refractivity contribution < 1.29 is 14.6 Å². The zero-order valence-corrected chi connectivity index (χ0v) is 10.2. The first kappa shape index (κ1) is 12.7. The predicted molar refractivity (Wildman–Crippen MR) is 67.3 cm³/mol. The molecule has 1 aromatic rings. The highest BCUT2D eigenvalue weighted by molar-refractivity contribution is 5.96. The van der Waals surface area contributed by atoms with Crippen LogP contribution in [0.25, 0.3) is 0 Å². The van der Waals surface area contributed by atoms with Crippen LogP contribution < -0.4 is 16.0 Å². The number of nitrogens with one attached hydrogen (secondary N) is 1. The van der Waals surface area contributed by atoms with E-state index in [-0.39, 0.29) is 17.4 Å². The minimum Gasteiger partial charge on any atom is -0.507 e. The molecule has 0 saturated heterocycles. The molecular formula is C13H18N2O3. The molecule has 4 N–H and O–H groups in total. The number of hydrazine groups is 1. The number of hydrogen-bond donors (Lipinski definition) is 3. The average molecular weight is 250 g/mol. The molecule has 1 saturated carbocycles. The lowest BCUT2D eigenvalue weighted by molar-refractivity contribution is 0.0949. The monoisotopic (exact) mass is 250 g/mol. The van der Waals surface area contributed by atoms with E-state index in [2.05, 4.69) is 0 Å². The summed E-state index contributed by atoms with van der Waals surface area (Å²) >= 11 is 0. The van der Waals surface area contributed by atoms with Crippen molar-refractivity contribution in [2.24, 2.45) is 5.84 Å². The van der Waals surface area contributed by atoms with Crippen LogP contribution >= 0.6 is 0 Å². The largest absolute Gasteiger partial charge is 0.507 e. The second-order valence-electron chi connectivity index (χ2n) is 4.53. The number of carbonyl (C=O) groups excluding carboxylic acids is 1. The lowest BCUT2D eigenvalue weighted by Crippen LogP contribution is -2.30. The molecule has 1 aromatic carbocycles. The topological polar surface area (TPSA) is 84.6 Å². The summed E-state index contributed by atoms with van der Waals surface area (Å²) in [5.41, 5.74) is 2.13. The van der Waals surface area contributed by atoms with E-state index in [1.54, 1.807) is 6.07 Å². The highest BCUT2D eigenvalue weighted by Crippen LogP contribution is 2.27. The van der Waals surface area contributed by atoms with Crippen molar-refractivity contribution in [3.8, 4) is 11.5 Å². The van der Waals surface area contributed by atoms with Gasteiger partial charge in [-0.25, -0.2) is 5.84 Å². The van der Waals surface area contributed by atoms with Crippen molar-refractivity contribution in [2.75, 3.05) is 0 Å². The second kappa shape index (κ2) is 5.73. The van der Waals surface area contributed by atoms with Crippen LogP contribution in [-0.4, -0.2) is 17.1 Å². The zero-order valence-electron chi connectivity index (χ0n) is 10.2. The summed E-state index contributed by atoms with van der Waals surface area (Å²) in [5, 5.41) is 9.57. The molecule has 5 heteroatoms. The molecule has 0 unspecified atom stereocenters. The Kier molecular flexibility index (Phi) is 4.04. The molecule has 98 valence electrons. The second-order valence-corrected chi connectivity index (χ2v) is 4.53. The number of phenols is 1. The van der Waals surface area contributed by atoms with E-state index in [9.17, 15) is 9.90 Å². The Balaban J connectivity index is 2.11. The molecule has 0 aromatic heterocycles. The van der Waals surface area contributed by atoms with E-state index < -0.39 is 5.91 Å². The summed E-state index contributed by atoms with van der Waals surface area (Å²) in [6.45, 7) is 0. The molecule has 0 bridgehead atoms. The van der Waals surface area contributed by atoms with Crippen LogP contribution in [0.1, 0.15) is 42.5 Å². The number of amides is 1. The minimum absolute atomic E-state index is 0.103.